The summed E-state index contributed by atoms with van der Waals surface area (Å²) in [5, 5.41) is 15.8. The van der Waals surface area contributed by atoms with E-state index in [2.05, 4.69) is 10.6 Å². The number of amides is 2. The van der Waals surface area contributed by atoms with Gasteiger partial charge in [0.1, 0.15) is 5.75 Å². The van der Waals surface area contributed by atoms with E-state index in [4.69, 9.17) is 23.2 Å². The van der Waals surface area contributed by atoms with Gasteiger partial charge in [0.05, 0.1) is 21.4 Å². The second kappa shape index (κ2) is 7.47. The van der Waals surface area contributed by atoms with Crippen molar-refractivity contribution in [3.8, 4) is 16.9 Å². The monoisotopic (exact) mass is 372 g/mol. The zero-order chi connectivity index (χ0) is 17.8. The van der Waals surface area contributed by atoms with Crippen LogP contribution in [0.3, 0.4) is 0 Å². The number of carbonyl (C=O) groups excluding carboxylic acids is 1. The van der Waals surface area contributed by atoms with Crippen LogP contribution in [0.4, 0.5) is 16.2 Å². The van der Waals surface area contributed by atoms with Crippen LogP contribution in [0.15, 0.2) is 66.7 Å². The highest BCUT2D eigenvalue weighted by atomic mass is 35.5. The molecule has 0 fully saturated rings. The zero-order valence-corrected chi connectivity index (χ0v) is 14.5. The average molecular weight is 373 g/mol. The molecule has 0 aliphatic heterocycles. The summed E-state index contributed by atoms with van der Waals surface area (Å²) in [6.45, 7) is 0. The van der Waals surface area contributed by atoms with E-state index in [1.807, 2.05) is 30.3 Å². The maximum Gasteiger partial charge on any atom is 0.323 e. The van der Waals surface area contributed by atoms with Crippen molar-refractivity contribution in [3.63, 3.8) is 0 Å². The molecular formula is C19H14Cl2N2O2. The van der Waals surface area contributed by atoms with Gasteiger partial charge in [-0.1, -0.05) is 65.7 Å². The minimum atomic E-state index is -0.537. The third-order valence-electron chi connectivity index (χ3n) is 3.55. The topological polar surface area (TPSA) is 61.4 Å². The number of benzene rings is 3. The Balaban J connectivity index is 1.80. The summed E-state index contributed by atoms with van der Waals surface area (Å²) in [5.74, 6) is -0.0352. The first-order chi connectivity index (χ1) is 12.0. The summed E-state index contributed by atoms with van der Waals surface area (Å²) in [6.07, 6.45) is 0. The van der Waals surface area contributed by atoms with Gasteiger partial charge in [0, 0.05) is 0 Å². The number of phenols is 1. The van der Waals surface area contributed by atoms with Crippen LogP contribution >= 0.6 is 23.2 Å². The Bertz CT molecular complexity index is 915. The molecule has 3 aromatic rings. The molecule has 4 nitrogen and oxygen atoms in total. The molecule has 3 N–H and O–H groups in total. The maximum atomic E-state index is 12.2. The highest BCUT2D eigenvalue weighted by Gasteiger charge is 2.11. The van der Waals surface area contributed by atoms with Crippen LogP contribution in [-0.4, -0.2) is 11.1 Å². The normalized spacial score (nSPS) is 10.3. The molecule has 0 aliphatic carbocycles. The lowest BCUT2D eigenvalue weighted by Gasteiger charge is -2.12. The highest BCUT2D eigenvalue weighted by Crippen LogP contribution is 2.31. The van der Waals surface area contributed by atoms with E-state index in [0.29, 0.717) is 10.7 Å². The van der Waals surface area contributed by atoms with Gasteiger partial charge in [-0.25, -0.2) is 4.79 Å². The van der Waals surface area contributed by atoms with Crippen LogP contribution in [0.1, 0.15) is 0 Å². The summed E-state index contributed by atoms with van der Waals surface area (Å²) >= 11 is 12.0. The maximum absolute atomic E-state index is 12.2. The summed E-state index contributed by atoms with van der Waals surface area (Å²) in [7, 11) is 0. The molecule has 6 heteroatoms. The third-order valence-corrected chi connectivity index (χ3v) is 4.37. The first kappa shape index (κ1) is 17.1. The largest absolute Gasteiger partial charge is 0.506 e. The smallest absolute Gasteiger partial charge is 0.323 e. The number of rotatable bonds is 3. The standard InChI is InChI=1S/C19H14Cl2N2O2/c20-14-7-4-8-15(18(14)21)22-19(25)23-16-11-13(9-10-17(16)24)12-5-2-1-3-6-12/h1-11,24H,(H2,22,23,25). The first-order valence-corrected chi connectivity index (χ1v) is 8.20. The number of halogens is 2. The Morgan fingerprint density at radius 3 is 2.28 bits per heavy atom. The fraction of sp³-hybridized carbons (Fsp3) is 0. The number of urea groups is 1. The molecule has 25 heavy (non-hydrogen) atoms. The van der Waals surface area contributed by atoms with Crippen LogP contribution in [0.25, 0.3) is 11.1 Å². The van der Waals surface area contributed by atoms with Gasteiger partial charge in [-0.2, -0.15) is 0 Å². The molecule has 3 aromatic carbocycles. The van der Waals surface area contributed by atoms with Gasteiger partial charge < -0.3 is 15.7 Å². The molecule has 0 unspecified atom stereocenters. The fourth-order valence-electron chi connectivity index (χ4n) is 2.32. The Labute approximate surface area is 155 Å². The molecule has 126 valence electrons. The van der Waals surface area contributed by atoms with E-state index in [0.717, 1.165) is 11.1 Å². The van der Waals surface area contributed by atoms with Gasteiger partial charge in [-0.15, -0.1) is 0 Å². The summed E-state index contributed by atoms with van der Waals surface area (Å²) in [5.41, 5.74) is 2.51. The van der Waals surface area contributed by atoms with E-state index in [1.54, 1.807) is 30.3 Å². The van der Waals surface area contributed by atoms with Crippen LogP contribution in [-0.2, 0) is 0 Å². The SMILES string of the molecule is O=C(Nc1cc(-c2ccccc2)ccc1O)Nc1cccc(Cl)c1Cl. The second-order valence-electron chi connectivity index (χ2n) is 5.28. The van der Waals surface area contributed by atoms with Gasteiger partial charge >= 0.3 is 6.03 Å². The molecule has 0 radical (unpaired) electrons. The molecular weight excluding hydrogens is 359 g/mol. The lowest BCUT2D eigenvalue weighted by molar-refractivity contribution is 0.262. The molecule has 0 bridgehead atoms. The van der Waals surface area contributed by atoms with Gasteiger partial charge in [0.15, 0.2) is 0 Å². The van der Waals surface area contributed by atoms with Crippen LogP contribution in [0.2, 0.25) is 10.0 Å². The predicted molar refractivity (Wildman–Crippen MR) is 103 cm³/mol. The van der Waals surface area contributed by atoms with E-state index < -0.39 is 6.03 Å². The third kappa shape index (κ3) is 4.05. The molecule has 0 saturated heterocycles. The fourth-order valence-corrected chi connectivity index (χ4v) is 2.67. The van der Waals surface area contributed by atoms with E-state index >= 15 is 0 Å². The van der Waals surface area contributed by atoms with Gasteiger partial charge in [0.2, 0.25) is 0 Å². The molecule has 2 amide bonds. The second-order valence-corrected chi connectivity index (χ2v) is 6.06. The molecule has 0 aromatic heterocycles. The van der Waals surface area contributed by atoms with Crippen molar-refractivity contribution in [2.45, 2.75) is 0 Å². The van der Waals surface area contributed by atoms with Gasteiger partial charge in [0.25, 0.3) is 0 Å². The number of hydrogen-bond donors (Lipinski definition) is 3. The van der Waals surface area contributed by atoms with Crippen LogP contribution < -0.4 is 10.6 Å². The Morgan fingerprint density at radius 2 is 1.52 bits per heavy atom. The van der Waals surface area contributed by atoms with Crippen LogP contribution in [0, 0.1) is 0 Å². The summed E-state index contributed by atoms with van der Waals surface area (Å²) < 4.78 is 0. The van der Waals surface area contributed by atoms with E-state index in [-0.39, 0.29) is 16.5 Å². The van der Waals surface area contributed by atoms with E-state index in [9.17, 15) is 9.90 Å². The molecule has 0 heterocycles. The van der Waals surface area contributed by atoms with E-state index in [1.165, 1.54) is 6.07 Å². The number of phenolic OH excluding ortho intramolecular Hbond substituents is 1. The van der Waals surface area contributed by atoms with Gasteiger partial charge in [-0.3, -0.25) is 0 Å². The van der Waals surface area contributed by atoms with Crippen molar-refractivity contribution in [1.82, 2.24) is 0 Å². The van der Waals surface area contributed by atoms with Gasteiger partial charge in [-0.05, 0) is 35.4 Å². The summed E-state index contributed by atoms with van der Waals surface area (Å²) in [6, 6.07) is 19.1. The molecule has 0 atom stereocenters. The Morgan fingerprint density at radius 1 is 0.800 bits per heavy atom. The van der Waals surface area contributed by atoms with Crippen molar-refractivity contribution < 1.29 is 9.90 Å². The quantitative estimate of drug-likeness (QED) is 0.493. The minimum Gasteiger partial charge on any atom is -0.506 e. The predicted octanol–water partition coefficient (Wildman–Crippen LogP) is 6.01. The average Bonchev–Trinajstić information content (AvgIpc) is 2.61. The number of anilines is 2. The molecule has 3 rings (SSSR count). The Kier molecular flexibility index (Phi) is 5.12. The lowest BCUT2D eigenvalue weighted by atomic mass is 10.0. The summed E-state index contributed by atoms with van der Waals surface area (Å²) in [4.78, 5) is 12.2. The molecule has 0 aliphatic rings. The molecule has 0 spiro atoms. The molecule has 0 saturated carbocycles. The number of hydrogen-bond acceptors (Lipinski definition) is 2. The highest BCUT2D eigenvalue weighted by molar-refractivity contribution is 6.44. The number of nitrogens with one attached hydrogen (secondary N) is 2. The Hall–Kier alpha value is -2.69. The van der Waals surface area contributed by atoms with Crippen LogP contribution in [0.5, 0.6) is 5.75 Å². The minimum absolute atomic E-state index is 0.0352. The van der Waals surface area contributed by atoms with Crippen molar-refractivity contribution in [3.05, 3.63) is 76.8 Å². The number of aromatic hydroxyl groups is 1. The van der Waals surface area contributed by atoms with Crippen molar-refractivity contribution in [1.29, 1.82) is 0 Å². The van der Waals surface area contributed by atoms with Crippen molar-refractivity contribution in [2.75, 3.05) is 10.6 Å². The number of carbonyl (C=O) groups is 1. The van der Waals surface area contributed by atoms with Crippen molar-refractivity contribution >= 4 is 40.6 Å². The van der Waals surface area contributed by atoms with Crippen molar-refractivity contribution in [2.24, 2.45) is 0 Å². The first-order valence-electron chi connectivity index (χ1n) is 7.45. The zero-order valence-electron chi connectivity index (χ0n) is 13.0. The lowest BCUT2D eigenvalue weighted by Crippen LogP contribution is -2.19.